The van der Waals surface area contributed by atoms with Crippen molar-refractivity contribution in [3.05, 3.63) is 11.4 Å². The normalized spacial score (nSPS) is 23.1. The summed E-state index contributed by atoms with van der Waals surface area (Å²) >= 11 is 0. The molecule has 3 N–H and O–H groups in total. The number of aromatic nitrogens is 2. The quantitative estimate of drug-likeness (QED) is 0.874. The number of rotatable bonds is 4. The van der Waals surface area contributed by atoms with Crippen molar-refractivity contribution in [1.82, 2.24) is 15.1 Å². The van der Waals surface area contributed by atoms with Crippen molar-refractivity contribution in [2.75, 3.05) is 25.9 Å². The van der Waals surface area contributed by atoms with Gasteiger partial charge < -0.3 is 15.4 Å². The Morgan fingerprint density at radius 3 is 3.00 bits per heavy atom. The molecular weight excluding hydrogens is 256 g/mol. The number of ether oxygens (including phenoxy) is 1. The fourth-order valence-corrected chi connectivity index (χ4v) is 2.67. The molecule has 112 valence electrons. The molecule has 1 aliphatic heterocycles. The highest BCUT2D eigenvalue weighted by molar-refractivity contribution is 5.97. The molecule has 1 fully saturated rings. The number of aryl methyl sites for hydroxylation is 1. The molecule has 2 unspecified atom stereocenters. The lowest BCUT2D eigenvalue weighted by Crippen LogP contribution is -2.46. The van der Waals surface area contributed by atoms with Crippen LogP contribution in [0.2, 0.25) is 0 Å². The third kappa shape index (κ3) is 2.80. The Bertz CT molecular complexity index is 472. The minimum atomic E-state index is -0.102. The second-order valence-corrected chi connectivity index (χ2v) is 5.51. The Labute approximate surface area is 119 Å². The Morgan fingerprint density at radius 1 is 1.60 bits per heavy atom. The highest BCUT2D eigenvalue weighted by atomic mass is 16.5. The maximum absolute atomic E-state index is 12.5. The SMILES string of the molecule is CCCc1[nH]nc(C(=O)N2CCC(C)C(OC)C2)c1N. The molecule has 0 aromatic carbocycles. The van der Waals surface area contributed by atoms with Crippen LogP contribution in [0.25, 0.3) is 0 Å². The number of carbonyl (C=O) groups excluding carboxylic acids is 1. The summed E-state index contributed by atoms with van der Waals surface area (Å²) in [5, 5.41) is 6.97. The van der Waals surface area contributed by atoms with Crippen LogP contribution in [0.4, 0.5) is 5.69 Å². The molecule has 6 nitrogen and oxygen atoms in total. The van der Waals surface area contributed by atoms with E-state index < -0.39 is 0 Å². The van der Waals surface area contributed by atoms with Gasteiger partial charge in [-0.15, -0.1) is 0 Å². The van der Waals surface area contributed by atoms with Gasteiger partial charge in [0.05, 0.1) is 17.5 Å². The lowest BCUT2D eigenvalue weighted by molar-refractivity contribution is -0.00173. The molecule has 1 aromatic heterocycles. The van der Waals surface area contributed by atoms with Crippen molar-refractivity contribution in [3.63, 3.8) is 0 Å². The molecular formula is C14H24N4O2. The van der Waals surface area contributed by atoms with Crippen LogP contribution < -0.4 is 5.73 Å². The molecule has 1 saturated heterocycles. The highest BCUT2D eigenvalue weighted by Crippen LogP contribution is 2.23. The molecule has 1 aromatic rings. The Kier molecular flexibility index (Phi) is 4.65. The summed E-state index contributed by atoms with van der Waals surface area (Å²) in [7, 11) is 1.69. The van der Waals surface area contributed by atoms with E-state index in [4.69, 9.17) is 10.5 Å². The van der Waals surface area contributed by atoms with Gasteiger partial charge in [0.25, 0.3) is 5.91 Å². The summed E-state index contributed by atoms with van der Waals surface area (Å²) in [6.07, 6.45) is 2.80. The average molecular weight is 280 g/mol. The van der Waals surface area contributed by atoms with Gasteiger partial charge in [0, 0.05) is 20.2 Å². The van der Waals surface area contributed by atoms with Crippen LogP contribution >= 0.6 is 0 Å². The van der Waals surface area contributed by atoms with Crippen LogP contribution in [0.1, 0.15) is 42.9 Å². The van der Waals surface area contributed by atoms with E-state index in [-0.39, 0.29) is 12.0 Å². The number of hydrogen-bond donors (Lipinski definition) is 2. The molecule has 0 saturated carbocycles. The first-order chi connectivity index (χ1) is 9.58. The van der Waals surface area contributed by atoms with Crippen LogP contribution in [0.15, 0.2) is 0 Å². The number of carbonyl (C=O) groups is 1. The van der Waals surface area contributed by atoms with E-state index in [0.717, 1.165) is 31.5 Å². The van der Waals surface area contributed by atoms with Gasteiger partial charge in [-0.25, -0.2) is 0 Å². The van der Waals surface area contributed by atoms with E-state index in [1.807, 2.05) is 0 Å². The van der Waals surface area contributed by atoms with Crippen molar-refractivity contribution in [2.24, 2.45) is 5.92 Å². The molecule has 0 spiro atoms. The van der Waals surface area contributed by atoms with Gasteiger partial charge >= 0.3 is 0 Å². The average Bonchev–Trinajstić information content (AvgIpc) is 2.80. The highest BCUT2D eigenvalue weighted by Gasteiger charge is 2.31. The van der Waals surface area contributed by atoms with E-state index in [1.54, 1.807) is 12.0 Å². The van der Waals surface area contributed by atoms with E-state index in [2.05, 4.69) is 24.0 Å². The number of nitrogens with zero attached hydrogens (tertiary/aromatic N) is 2. The molecule has 2 atom stereocenters. The standard InChI is InChI=1S/C14H24N4O2/c1-4-5-10-12(15)13(17-16-10)14(19)18-7-6-9(2)11(8-18)20-3/h9,11H,4-8,15H2,1-3H3,(H,16,17). The maximum atomic E-state index is 12.5. The van der Waals surface area contributed by atoms with Crippen LogP contribution in [0, 0.1) is 5.92 Å². The predicted molar refractivity (Wildman–Crippen MR) is 77.5 cm³/mol. The molecule has 2 rings (SSSR count). The summed E-state index contributed by atoms with van der Waals surface area (Å²) in [5.41, 5.74) is 7.71. The first-order valence-electron chi connectivity index (χ1n) is 7.23. The van der Waals surface area contributed by atoms with Crippen LogP contribution in [-0.4, -0.2) is 47.3 Å². The smallest absolute Gasteiger partial charge is 0.276 e. The number of piperidine rings is 1. The van der Waals surface area contributed by atoms with Crippen molar-refractivity contribution >= 4 is 11.6 Å². The number of nitrogens with one attached hydrogen (secondary N) is 1. The summed E-state index contributed by atoms with van der Waals surface area (Å²) in [6, 6.07) is 0. The summed E-state index contributed by atoms with van der Waals surface area (Å²) < 4.78 is 5.44. The first-order valence-corrected chi connectivity index (χ1v) is 7.23. The van der Waals surface area contributed by atoms with Crippen molar-refractivity contribution in [1.29, 1.82) is 0 Å². The van der Waals surface area contributed by atoms with E-state index in [0.29, 0.717) is 23.8 Å². The molecule has 2 heterocycles. The summed E-state index contributed by atoms with van der Waals surface area (Å²) in [6.45, 7) is 5.55. The van der Waals surface area contributed by atoms with Gasteiger partial charge in [0.15, 0.2) is 5.69 Å². The number of H-pyrrole nitrogens is 1. The van der Waals surface area contributed by atoms with E-state index >= 15 is 0 Å². The largest absolute Gasteiger partial charge is 0.395 e. The Balaban J connectivity index is 2.11. The van der Waals surface area contributed by atoms with E-state index in [9.17, 15) is 4.79 Å². The number of hydrogen-bond acceptors (Lipinski definition) is 4. The fourth-order valence-electron chi connectivity index (χ4n) is 2.67. The second kappa shape index (κ2) is 6.26. The Morgan fingerprint density at radius 2 is 2.35 bits per heavy atom. The Hall–Kier alpha value is -1.56. The number of anilines is 1. The molecule has 6 heteroatoms. The van der Waals surface area contributed by atoms with Crippen LogP contribution in [0.3, 0.4) is 0 Å². The molecule has 0 aliphatic carbocycles. The maximum Gasteiger partial charge on any atom is 0.276 e. The van der Waals surface area contributed by atoms with Gasteiger partial charge in [-0.1, -0.05) is 20.3 Å². The number of methoxy groups -OCH3 is 1. The molecule has 0 radical (unpaired) electrons. The van der Waals surface area contributed by atoms with Crippen LogP contribution in [0.5, 0.6) is 0 Å². The van der Waals surface area contributed by atoms with Gasteiger partial charge in [-0.2, -0.15) is 5.10 Å². The molecule has 0 bridgehead atoms. The van der Waals surface area contributed by atoms with Gasteiger partial charge in [-0.3, -0.25) is 9.89 Å². The summed E-state index contributed by atoms with van der Waals surface area (Å²) in [5.74, 6) is 0.367. The topological polar surface area (TPSA) is 84.2 Å². The zero-order valence-corrected chi connectivity index (χ0v) is 12.5. The predicted octanol–water partition coefficient (Wildman–Crippen LogP) is 1.44. The number of nitrogen functional groups attached to an aromatic ring is 1. The third-order valence-electron chi connectivity index (χ3n) is 4.06. The number of aromatic amines is 1. The molecule has 20 heavy (non-hydrogen) atoms. The molecule has 1 amide bonds. The van der Waals surface area contributed by atoms with Crippen molar-refractivity contribution < 1.29 is 9.53 Å². The van der Waals surface area contributed by atoms with E-state index in [1.165, 1.54) is 0 Å². The first kappa shape index (κ1) is 14.8. The van der Waals surface area contributed by atoms with Crippen molar-refractivity contribution in [2.45, 2.75) is 39.2 Å². The van der Waals surface area contributed by atoms with Gasteiger partial charge in [-0.05, 0) is 18.8 Å². The number of amides is 1. The monoisotopic (exact) mass is 280 g/mol. The number of likely N-dealkylation sites (tertiary alicyclic amines) is 1. The minimum Gasteiger partial charge on any atom is -0.395 e. The molecule has 1 aliphatic rings. The lowest BCUT2D eigenvalue weighted by atomic mass is 9.95. The second-order valence-electron chi connectivity index (χ2n) is 5.51. The van der Waals surface area contributed by atoms with Crippen molar-refractivity contribution in [3.8, 4) is 0 Å². The minimum absolute atomic E-state index is 0.0861. The fraction of sp³-hybridized carbons (Fsp3) is 0.714. The van der Waals surface area contributed by atoms with Crippen LogP contribution in [-0.2, 0) is 11.2 Å². The summed E-state index contributed by atoms with van der Waals surface area (Å²) in [4.78, 5) is 14.3. The zero-order valence-electron chi connectivity index (χ0n) is 12.5. The zero-order chi connectivity index (χ0) is 14.7. The third-order valence-corrected chi connectivity index (χ3v) is 4.06. The van der Waals surface area contributed by atoms with Gasteiger partial charge in [0.2, 0.25) is 0 Å². The lowest BCUT2D eigenvalue weighted by Gasteiger charge is -2.35. The number of nitrogens with two attached hydrogens (primary N) is 1. The van der Waals surface area contributed by atoms with Gasteiger partial charge in [0.1, 0.15) is 0 Å².